The fourth-order valence-corrected chi connectivity index (χ4v) is 0. The van der Waals surface area contributed by atoms with Gasteiger partial charge in [-0.05, 0) is 10.4 Å². The molecule has 0 rings (SSSR count). The number of hydrogen-bond donors (Lipinski definition) is 1. The van der Waals surface area contributed by atoms with Crippen LogP contribution in [0.25, 0.3) is 58.4 Å². The Balaban J connectivity index is -0.0000000213. The van der Waals surface area contributed by atoms with E-state index in [1.54, 1.807) is 4.91 Å². The van der Waals surface area contributed by atoms with Crippen molar-refractivity contribution in [2.75, 3.05) is 0 Å². The van der Waals surface area contributed by atoms with Crippen molar-refractivity contribution in [2.24, 2.45) is 0 Å². The molecule has 0 saturated carbocycles. The molecule has 0 amide bonds. The molecule has 0 spiro atoms. The van der Waals surface area contributed by atoms with Crippen molar-refractivity contribution < 1.29 is 0 Å². The summed E-state index contributed by atoms with van der Waals surface area (Å²) in [6.07, 6.45) is 0. The molecule has 0 aromatic rings. The summed E-state index contributed by atoms with van der Waals surface area (Å²) in [4.78, 5) is 6.25. The summed E-state index contributed by atoms with van der Waals surface area (Å²) in [5.41, 5.74) is 52.8. The monoisotopic (exact) mass is 251 g/mol. The first-order valence-corrected chi connectivity index (χ1v) is 1.62. The molecule has 0 aliphatic heterocycles. The van der Waals surface area contributed by atoms with E-state index in [0.29, 0.717) is 0 Å². The molecule has 13 heavy (non-hydrogen) atoms. The van der Waals surface area contributed by atoms with Gasteiger partial charge in [0.15, 0.2) is 0 Å². The molecule has 0 unspecified atom stereocenters. The Hall–Kier alpha value is -2.24. The zero-order valence-electron chi connectivity index (χ0n) is 5.92. The van der Waals surface area contributed by atoms with Crippen molar-refractivity contribution in [3.8, 4) is 0 Å². The predicted octanol–water partition coefficient (Wildman–Crippen LogP) is 2.56. The van der Waals surface area contributed by atoms with E-state index in [9.17, 15) is 0 Å². The van der Waals surface area contributed by atoms with E-state index in [0.717, 1.165) is 0 Å². The molecular formula is H3N12Se-3. The van der Waals surface area contributed by atoms with E-state index in [4.69, 9.17) is 44.2 Å². The average Bonchev–Trinajstić information content (AvgIpc) is 1.92. The van der Waals surface area contributed by atoms with Crippen molar-refractivity contribution >= 4 is 17.1 Å². The van der Waals surface area contributed by atoms with Gasteiger partial charge in [-0.2, -0.15) is 0 Å². The van der Waals surface area contributed by atoms with Crippen LogP contribution in [0.4, 0.5) is 0 Å². The van der Waals surface area contributed by atoms with E-state index in [1.165, 1.54) is 14.7 Å². The zero-order valence-corrected chi connectivity index (χ0v) is 8.02. The van der Waals surface area contributed by atoms with Crippen LogP contribution in [-0.2, 0) is 0 Å². The minimum atomic E-state index is 0. The third-order valence-corrected chi connectivity index (χ3v) is 0. The minimum absolute atomic E-state index is 0. The van der Waals surface area contributed by atoms with Crippen molar-refractivity contribution in [1.29, 1.82) is 5.53 Å². The maximum absolute atomic E-state index is 6.86. The molecule has 0 fully saturated rings. The topological polar surface area (TPSA) is 236 Å². The Kier molecular flexibility index (Phi) is 575. The molecule has 0 bridgehead atoms. The van der Waals surface area contributed by atoms with Crippen LogP contribution in [-0.4, -0.2) is 17.1 Å². The Labute approximate surface area is 81.7 Å². The Morgan fingerprint density at radius 2 is 0.615 bits per heavy atom. The molecule has 0 aromatic carbocycles. The van der Waals surface area contributed by atoms with Crippen LogP contribution in [0.5, 0.6) is 0 Å². The van der Waals surface area contributed by atoms with Crippen LogP contribution in [0.3, 0.4) is 0 Å². The molecule has 0 atom stereocenters. The third kappa shape index (κ3) is 117. The van der Waals surface area contributed by atoms with Gasteiger partial charge < -0.3 is 33.2 Å². The summed E-state index contributed by atoms with van der Waals surface area (Å²) < 4.78 is 0. The molecule has 72 valence electrons. The maximum atomic E-state index is 6.86. The van der Waals surface area contributed by atoms with Crippen LogP contribution in [0, 0.1) is 5.53 Å². The number of nitrogens with zero attached hydrogens (tertiary/aromatic N) is 11. The van der Waals surface area contributed by atoms with Gasteiger partial charge in [0.05, 0.1) is 0 Å². The Bertz CT molecular complexity index is 137. The normalized spacial score (nSPS) is 2.46. The molecule has 12 nitrogen and oxygen atoms in total. The van der Waals surface area contributed by atoms with Gasteiger partial charge in [0.25, 0.3) is 0 Å². The van der Waals surface area contributed by atoms with Gasteiger partial charge in [0, 0.05) is 0 Å². The SMILES string of the molecule is [N-]=[N+]=N.[N-]=[N+]=[N-].[N-]=[N+]=[N-].[N-]=[N+]=[N-].[SeH2]. The average molecular weight is 250 g/mol. The van der Waals surface area contributed by atoms with Gasteiger partial charge in [0.2, 0.25) is 0 Å². The standard InChI is InChI=1S/HN3.3N3.H2Se/c4*1-3-2;/h1H;;;;1H2/q;3*-1;. The summed E-state index contributed by atoms with van der Waals surface area (Å²) in [7, 11) is 0. The van der Waals surface area contributed by atoms with Gasteiger partial charge in [-0.3, -0.25) is 14.7 Å². The predicted molar refractivity (Wildman–Crippen MR) is 48.2 cm³/mol. The van der Waals surface area contributed by atoms with E-state index in [1.807, 2.05) is 0 Å². The van der Waals surface area contributed by atoms with E-state index in [-0.39, 0.29) is 17.1 Å². The molecule has 0 aliphatic carbocycles. The van der Waals surface area contributed by atoms with Crippen molar-refractivity contribution in [3.63, 3.8) is 0 Å². The first kappa shape index (κ1) is 30.9. The molecule has 0 aromatic heterocycles. The first-order valence-electron chi connectivity index (χ1n) is 1.62. The van der Waals surface area contributed by atoms with E-state index >= 15 is 0 Å². The van der Waals surface area contributed by atoms with Gasteiger partial charge in [-0.15, -0.1) is 5.53 Å². The van der Waals surface area contributed by atoms with Crippen LogP contribution < -0.4 is 0 Å². The van der Waals surface area contributed by atoms with Crippen LogP contribution in [0.2, 0.25) is 0 Å². The number of hydrogen-bond acceptors (Lipinski definition) is 1. The molecule has 0 saturated heterocycles. The summed E-state index contributed by atoms with van der Waals surface area (Å²) >= 11 is 0. The molecule has 0 heterocycles. The van der Waals surface area contributed by atoms with Crippen LogP contribution >= 0.6 is 0 Å². The molecule has 13 heteroatoms. The number of rotatable bonds is 0. The Morgan fingerprint density at radius 1 is 0.615 bits per heavy atom. The van der Waals surface area contributed by atoms with Crippen molar-refractivity contribution in [1.82, 2.24) is 0 Å². The second kappa shape index (κ2) is 242. The van der Waals surface area contributed by atoms with E-state index < -0.39 is 0 Å². The van der Waals surface area contributed by atoms with Gasteiger partial charge in [0.1, 0.15) is 0 Å². The van der Waals surface area contributed by atoms with Gasteiger partial charge in [-0.1, -0.05) is 0 Å². The van der Waals surface area contributed by atoms with E-state index in [2.05, 4.69) is 0 Å². The van der Waals surface area contributed by atoms with Crippen LogP contribution in [0.1, 0.15) is 0 Å². The molecule has 0 radical (unpaired) electrons. The first-order chi connectivity index (χ1) is 5.66. The molecule has 1 N–H and O–H groups in total. The third-order valence-electron chi connectivity index (χ3n) is 0. The summed E-state index contributed by atoms with van der Waals surface area (Å²) in [5, 5.41) is 0. The van der Waals surface area contributed by atoms with Gasteiger partial charge >= 0.3 is 17.1 Å². The second-order valence-corrected chi connectivity index (χ2v) is 0.368. The zero-order chi connectivity index (χ0) is 10.8. The van der Waals surface area contributed by atoms with Crippen LogP contribution in [0.15, 0.2) is 0 Å². The summed E-state index contributed by atoms with van der Waals surface area (Å²) in [6, 6.07) is 0. The summed E-state index contributed by atoms with van der Waals surface area (Å²) in [5.74, 6) is 0. The quantitative estimate of drug-likeness (QED) is 0.282. The van der Waals surface area contributed by atoms with Crippen molar-refractivity contribution in [3.05, 3.63) is 58.4 Å². The summed E-state index contributed by atoms with van der Waals surface area (Å²) in [6.45, 7) is 0. The fraction of sp³-hybridized carbons (Fsp3) is 0. The Morgan fingerprint density at radius 3 is 0.615 bits per heavy atom. The molecule has 0 aliphatic rings. The fourth-order valence-electron chi connectivity index (χ4n) is 0. The second-order valence-electron chi connectivity index (χ2n) is 0.368. The molecular weight excluding hydrogens is 247 g/mol. The number of nitrogens with one attached hydrogen (secondary N) is 1. The van der Waals surface area contributed by atoms with Gasteiger partial charge in [-0.25, -0.2) is 0 Å². The van der Waals surface area contributed by atoms with Crippen molar-refractivity contribution in [2.45, 2.75) is 0 Å².